The molecule has 0 aromatic rings. The molecule has 0 rings (SSSR count). The van der Waals surface area contributed by atoms with Gasteiger partial charge in [0.2, 0.25) is 5.91 Å². The molecule has 3 N–H and O–H groups in total. The van der Waals surface area contributed by atoms with Gasteiger partial charge in [-0.05, 0) is 77.0 Å². The molecule has 0 saturated carbocycles. The van der Waals surface area contributed by atoms with Crippen LogP contribution in [0.25, 0.3) is 0 Å². The molecule has 0 bridgehead atoms. The van der Waals surface area contributed by atoms with E-state index in [9.17, 15) is 19.8 Å². The summed E-state index contributed by atoms with van der Waals surface area (Å²) in [5.74, 6) is -0.0140. The van der Waals surface area contributed by atoms with Gasteiger partial charge < -0.3 is 20.3 Å². The molecule has 0 aliphatic rings. The lowest BCUT2D eigenvalue weighted by Crippen LogP contribution is -2.45. The number of esters is 1. The number of carbonyl (C=O) groups excluding carboxylic acids is 2. The van der Waals surface area contributed by atoms with Crippen LogP contribution in [0.15, 0.2) is 24.3 Å². The number of aliphatic hydroxyl groups is 2. The number of hydrogen-bond donors (Lipinski definition) is 3. The minimum atomic E-state index is -0.665. The second kappa shape index (κ2) is 72.8. The van der Waals surface area contributed by atoms with Crippen LogP contribution in [0.4, 0.5) is 0 Å². The van der Waals surface area contributed by atoms with Gasteiger partial charge >= 0.3 is 5.97 Å². The first-order chi connectivity index (χ1) is 41.0. The highest BCUT2D eigenvalue weighted by Crippen LogP contribution is 2.19. The Labute approximate surface area is 520 Å². The molecule has 6 heteroatoms. The van der Waals surface area contributed by atoms with Gasteiger partial charge in [-0.1, -0.05) is 366 Å². The van der Waals surface area contributed by atoms with Crippen molar-refractivity contribution in [2.24, 2.45) is 0 Å². The topological polar surface area (TPSA) is 95.9 Å². The molecule has 6 nitrogen and oxygen atoms in total. The van der Waals surface area contributed by atoms with Crippen LogP contribution in [0.5, 0.6) is 0 Å². The van der Waals surface area contributed by atoms with Crippen molar-refractivity contribution in [1.29, 1.82) is 0 Å². The molecule has 1 amide bonds. The average molecular weight is 1170 g/mol. The molecule has 0 aliphatic carbocycles. The largest absolute Gasteiger partial charge is 0.466 e. The molecule has 0 aliphatic heterocycles. The molecule has 492 valence electrons. The Balaban J connectivity index is 3.36. The second-order valence-electron chi connectivity index (χ2n) is 26.3. The predicted octanol–water partition coefficient (Wildman–Crippen LogP) is 24.9. The van der Waals surface area contributed by atoms with E-state index in [1.54, 1.807) is 0 Å². The van der Waals surface area contributed by atoms with E-state index in [1.165, 1.54) is 360 Å². The van der Waals surface area contributed by atoms with E-state index in [4.69, 9.17) is 4.74 Å². The quantitative estimate of drug-likeness (QED) is 0.0320. The summed E-state index contributed by atoms with van der Waals surface area (Å²) >= 11 is 0. The standard InChI is InChI=1S/C77H149NO5/c1-3-5-7-9-11-13-15-17-19-21-33-37-41-45-49-53-57-61-65-69-75(80)74(73-79)78-76(81)70-66-62-58-54-50-46-42-38-35-31-29-27-25-23-24-26-28-30-32-36-40-44-48-52-56-60-64-68-72-83-77(82)71-67-63-59-55-51-47-43-39-34-22-20-18-16-14-12-10-8-6-4-2/h18,20,23-24,74-75,79-80H,3-17,19,21-22,25-73H2,1-2H3,(H,78,81)/b20-18-,24-23-. The highest BCUT2D eigenvalue weighted by Gasteiger charge is 2.20. The lowest BCUT2D eigenvalue weighted by atomic mass is 10.0. The molecule has 2 atom stereocenters. The van der Waals surface area contributed by atoms with Gasteiger partial charge in [0.05, 0.1) is 25.4 Å². The molecule has 0 aromatic heterocycles. The van der Waals surface area contributed by atoms with Crippen molar-refractivity contribution < 1.29 is 24.5 Å². The third-order valence-corrected chi connectivity index (χ3v) is 18.0. The highest BCUT2D eigenvalue weighted by molar-refractivity contribution is 5.76. The average Bonchev–Trinajstić information content (AvgIpc) is 3.49. The van der Waals surface area contributed by atoms with E-state index in [1.807, 2.05) is 0 Å². The second-order valence-corrected chi connectivity index (χ2v) is 26.3. The number of nitrogens with one attached hydrogen (secondary N) is 1. The van der Waals surface area contributed by atoms with Crippen LogP contribution >= 0.6 is 0 Å². The van der Waals surface area contributed by atoms with Gasteiger partial charge in [-0.15, -0.1) is 0 Å². The zero-order valence-electron chi connectivity index (χ0n) is 56.5. The fourth-order valence-corrected chi connectivity index (χ4v) is 12.2. The third-order valence-electron chi connectivity index (χ3n) is 18.0. The minimum Gasteiger partial charge on any atom is -0.466 e. The van der Waals surface area contributed by atoms with E-state index >= 15 is 0 Å². The van der Waals surface area contributed by atoms with Crippen LogP contribution in [0.1, 0.15) is 431 Å². The highest BCUT2D eigenvalue weighted by atomic mass is 16.5. The van der Waals surface area contributed by atoms with E-state index in [0.29, 0.717) is 25.9 Å². The Morgan fingerprint density at radius 2 is 0.566 bits per heavy atom. The van der Waals surface area contributed by atoms with Gasteiger partial charge in [0.1, 0.15) is 0 Å². The zero-order valence-corrected chi connectivity index (χ0v) is 56.5. The van der Waals surface area contributed by atoms with Crippen molar-refractivity contribution >= 4 is 11.9 Å². The Kier molecular flexibility index (Phi) is 71.4. The summed E-state index contributed by atoms with van der Waals surface area (Å²) in [6.07, 6.45) is 92.5. The van der Waals surface area contributed by atoms with E-state index in [2.05, 4.69) is 43.5 Å². The number of amides is 1. The number of carbonyl (C=O) groups is 2. The fraction of sp³-hybridized carbons (Fsp3) is 0.922. The minimum absolute atomic E-state index is 0.0165. The monoisotopic (exact) mass is 1170 g/mol. The number of unbranched alkanes of at least 4 members (excludes halogenated alkanes) is 57. The lowest BCUT2D eigenvalue weighted by molar-refractivity contribution is -0.143. The molecule has 0 spiro atoms. The summed E-state index contributed by atoms with van der Waals surface area (Å²) in [6.45, 7) is 4.99. The van der Waals surface area contributed by atoms with Crippen molar-refractivity contribution in [1.82, 2.24) is 5.32 Å². The van der Waals surface area contributed by atoms with Crippen molar-refractivity contribution in [3.05, 3.63) is 24.3 Å². The van der Waals surface area contributed by atoms with Crippen LogP contribution in [-0.4, -0.2) is 47.4 Å². The van der Waals surface area contributed by atoms with Gasteiger partial charge in [-0.3, -0.25) is 9.59 Å². The van der Waals surface area contributed by atoms with Crippen molar-refractivity contribution in [2.75, 3.05) is 13.2 Å². The number of ether oxygens (including phenoxy) is 1. The molecule has 83 heavy (non-hydrogen) atoms. The molecule has 0 fully saturated rings. The summed E-state index contributed by atoms with van der Waals surface area (Å²) in [6, 6.07) is -0.542. The first kappa shape index (κ1) is 81.3. The smallest absolute Gasteiger partial charge is 0.305 e. The van der Waals surface area contributed by atoms with Gasteiger partial charge in [-0.2, -0.15) is 0 Å². The van der Waals surface area contributed by atoms with Crippen LogP contribution in [0.3, 0.4) is 0 Å². The molecule has 0 heterocycles. The van der Waals surface area contributed by atoms with Crippen LogP contribution < -0.4 is 5.32 Å². The summed E-state index contributed by atoms with van der Waals surface area (Å²) in [5, 5.41) is 23.4. The van der Waals surface area contributed by atoms with Crippen molar-refractivity contribution in [3.63, 3.8) is 0 Å². The first-order valence-electron chi connectivity index (χ1n) is 38.1. The third kappa shape index (κ3) is 69.3. The number of rotatable bonds is 72. The fourth-order valence-electron chi connectivity index (χ4n) is 12.2. The summed E-state index contributed by atoms with van der Waals surface area (Å²) < 4.78 is 5.51. The van der Waals surface area contributed by atoms with Crippen LogP contribution in [-0.2, 0) is 14.3 Å². The van der Waals surface area contributed by atoms with Gasteiger partial charge in [0.15, 0.2) is 0 Å². The van der Waals surface area contributed by atoms with Crippen LogP contribution in [0.2, 0.25) is 0 Å². The SMILES string of the molecule is CCCCCCCC/C=C\CCCCCCCCCCCC(=O)OCCCCCCCCCCCCCC/C=C\CCCCCCCCCCCCCCC(=O)NC(CO)C(O)CCCCCCCCCCCCCCCCCCCCC. The van der Waals surface area contributed by atoms with Gasteiger partial charge in [0, 0.05) is 12.8 Å². The van der Waals surface area contributed by atoms with Crippen LogP contribution in [0, 0.1) is 0 Å². The van der Waals surface area contributed by atoms with Gasteiger partial charge in [-0.25, -0.2) is 0 Å². The number of hydrogen-bond acceptors (Lipinski definition) is 5. The first-order valence-corrected chi connectivity index (χ1v) is 38.1. The molecular formula is C77H149NO5. The van der Waals surface area contributed by atoms with Gasteiger partial charge in [0.25, 0.3) is 0 Å². The Hall–Kier alpha value is -1.66. The molecule has 2 unspecified atom stereocenters. The van der Waals surface area contributed by atoms with E-state index in [0.717, 1.165) is 38.5 Å². The zero-order chi connectivity index (χ0) is 59.9. The predicted molar refractivity (Wildman–Crippen MR) is 366 cm³/mol. The lowest BCUT2D eigenvalue weighted by Gasteiger charge is -2.22. The van der Waals surface area contributed by atoms with Crippen molar-refractivity contribution in [2.45, 2.75) is 443 Å². The molecule has 0 saturated heterocycles. The maximum Gasteiger partial charge on any atom is 0.305 e. The molecule has 0 aromatic carbocycles. The summed E-state index contributed by atoms with van der Waals surface area (Å²) in [7, 11) is 0. The Bertz CT molecular complexity index is 1300. The maximum atomic E-state index is 12.5. The number of allylic oxidation sites excluding steroid dienone is 4. The summed E-state index contributed by atoms with van der Waals surface area (Å²) in [5.41, 5.74) is 0. The Morgan fingerprint density at radius 1 is 0.325 bits per heavy atom. The van der Waals surface area contributed by atoms with E-state index in [-0.39, 0.29) is 18.5 Å². The Morgan fingerprint density at radius 3 is 0.855 bits per heavy atom. The normalized spacial score (nSPS) is 12.6. The van der Waals surface area contributed by atoms with E-state index < -0.39 is 12.1 Å². The molecule has 0 radical (unpaired) electrons. The summed E-state index contributed by atoms with van der Waals surface area (Å²) in [4.78, 5) is 24.7. The van der Waals surface area contributed by atoms with Crippen molar-refractivity contribution in [3.8, 4) is 0 Å². The number of aliphatic hydroxyl groups excluding tert-OH is 2. The maximum absolute atomic E-state index is 12.5. The molecular weight excluding hydrogens is 1020 g/mol.